The first kappa shape index (κ1) is 12.7. The van der Waals surface area contributed by atoms with Crippen molar-refractivity contribution in [2.75, 3.05) is 5.73 Å². The van der Waals surface area contributed by atoms with Gasteiger partial charge in [-0.1, -0.05) is 43.2 Å². The van der Waals surface area contributed by atoms with Gasteiger partial charge in [-0.05, 0) is 31.2 Å². The zero-order valence-electron chi connectivity index (χ0n) is 12.1. The van der Waals surface area contributed by atoms with Crippen molar-refractivity contribution in [3.8, 4) is 0 Å². The van der Waals surface area contributed by atoms with Gasteiger partial charge in [0.25, 0.3) is 0 Å². The Labute approximate surface area is 124 Å². The highest BCUT2D eigenvalue weighted by molar-refractivity contribution is 5.40. The molecule has 2 fully saturated rings. The molecular formula is C17H20N4. The zero-order valence-corrected chi connectivity index (χ0v) is 12.1. The van der Waals surface area contributed by atoms with Gasteiger partial charge in [-0.3, -0.25) is 0 Å². The molecule has 2 saturated carbocycles. The summed E-state index contributed by atoms with van der Waals surface area (Å²) in [7, 11) is 0. The van der Waals surface area contributed by atoms with Crippen molar-refractivity contribution in [2.45, 2.75) is 49.9 Å². The van der Waals surface area contributed by atoms with Crippen molar-refractivity contribution in [1.29, 1.82) is 0 Å². The first-order valence-electron chi connectivity index (χ1n) is 7.85. The number of hydrogen-bond donors (Lipinski definition) is 1. The average molecular weight is 280 g/mol. The quantitative estimate of drug-likeness (QED) is 0.937. The topological polar surface area (TPSA) is 64.7 Å². The molecule has 2 N–H and O–H groups in total. The van der Waals surface area contributed by atoms with Gasteiger partial charge in [-0.15, -0.1) is 0 Å². The number of nitrogens with zero attached hydrogens (tertiary/aromatic N) is 3. The number of nitrogen functional groups attached to an aromatic ring is 1. The molecule has 21 heavy (non-hydrogen) atoms. The van der Waals surface area contributed by atoms with Gasteiger partial charge in [0.05, 0.1) is 5.41 Å². The minimum absolute atomic E-state index is 0.0221. The van der Waals surface area contributed by atoms with Crippen LogP contribution < -0.4 is 5.73 Å². The molecule has 4 rings (SSSR count). The lowest BCUT2D eigenvalue weighted by Crippen LogP contribution is -2.18. The van der Waals surface area contributed by atoms with Crippen LogP contribution in [0.1, 0.15) is 61.7 Å². The minimum Gasteiger partial charge on any atom is -0.368 e. The maximum Gasteiger partial charge on any atom is 0.223 e. The van der Waals surface area contributed by atoms with Crippen LogP contribution in [0.2, 0.25) is 0 Å². The van der Waals surface area contributed by atoms with E-state index in [1.54, 1.807) is 0 Å². The van der Waals surface area contributed by atoms with Crippen molar-refractivity contribution >= 4 is 5.95 Å². The van der Waals surface area contributed by atoms with Gasteiger partial charge in [0.1, 0.15) is 11.6 Å². The smallest absolute Gasteiger partial charge is 0.223 e. The Morgan fingerprint density at radius 1 is 0.952 bits per heavy atom. The number of benzene rings is 1. The van der Waals surface area contributed by atoms with E-state index in [-0.39, 0.29) is 5.41 Å². The largest absolute Gasteiger partial charge is 0.368 e. The summed E-state index contributed by atoms with van der Waals surface area (Å²) in [6.45, 7) is 0. The van der Waals surface area contributed by atoms with Crippen LogP contribution in [0.15, 0.2) is 30.3 Å². The summed E-state index contributed by atoms with van der Waals surface area (Å²) in [6, 6.07) is 10.5. The van der Waals surface area contributed by atoms with Crippen LogP contribution in [0.25, 0.3) is 0 Å². The number of aromatic nitrogens is 3. The standard InChI is InChI=1S/C17H20N4/c18-16-20-14(12-6-4-5-7-12)19-15(21-16)17(10-11-17)13-8-2-1-3-9-13/h1-3,8-9,12H,4-7,10-11H2,(H2,18,19,20,21). The van der Waals surface area contributed by atoms with Crippen LogP contribution in [-0.2, 0) is 5.41 Å². The van der Waals surface area contributed by atoms with Crippen molar-refractivity contribution in [3.05, 3.63) is 47.5 Å². The first-order chi connectivity index (χ1) is 10.3. The van der Waals surface area contributed by atoms with Crippen molar-refractivity contribution in [2.24, 2.45) is 0 Å². The summed E-state index contributed by atoms with van der Waals surface area (Å²) in [6.07, 6.45) is 7.11. The fraction of sp³-hybridized carbons (Fsp3) is 0.471. The molecule has 1 aromatic heterocycles. The van der Waals surface area contributed by atoms with Gasteiger partial charge in [-0.2, -0.15) is 9.97 Å². The Morgan fingerprint density at radius 2 is 1.67 bits per heavy atom. The maximum atomic E-state index is 5.97. The predicted molar refractivity (Wildman–Crippen MR) is 81.9 cm³/mol. The van der Waals surface area contributed by atoms with Crippen molar-refractivity contribution in [3.63, 3.8) is 0 Å². The number of anilines is 1. The van der Waals surface area contributed by atoms with Crippen LogP contribution in [0.5, 0.6) is 0 Å². The van der Waals surface area contributed by atoms with Gasteiger partial charge in [0, 0.05) is 5.92 Å². The van der Waals surface area contributed by atoms with Gasteiger partial charge in [0.15, 0.2) is 0 Å². The van der Waals surface area contributed by atoms with Crippen LogP contribution in [0.4, 0.5) is 5.95 Å². The molecule has 0 bridgehead atoms. The third-order valence-electron chi connectivity index (χ3n) is 4.89. The van der Waals surface area contributed by atoms with Crippen molar-refractivity contribution in [1.82, 2.24) is 15.0 Å². The normalized spacial score (nSPS) is 20.6. The Balaban J connectivity index is 1.75. The summed E-state index contributed by atoms with van der Waals surface area (Å²) in [4.78, 5) is 13.7. The van der Waals surface area contributed by atoms with E-state index >= 15 is 0 Å². The summed E-state index contributed by atoms with van der Waals surface area (Å²) in [5, 5.41) is 0. The Morgan fingerprint density at radius 3 is 2.33 bits per heavy atom. The predicted octanol–water partition coefficient (Wildman–Crippen LogP) is 3.19. The van der Waals surface area contributed by atoms with Crippen LogP contribution in [0, 0.1) is 0 Å². The second kappa shape index (κ2) is 4.79. The molecule has 0 spiro atoms. The van der Waals surface area contributed by atoms with E-state index in [4.69, 9.17) is 10.7 Å². The van der Waals surface area contributed by atoms with Crippen LogP contribution in [0.3, 0.4) is 0 Å². The second-order valence-electron chi connectivity index (χ2n) is 6.30. The molecule has 1 aromatic carbocycles. The third-order valence-corrected chi connectivity index (χ3v) is 4.89. The SMILES string of the molecule is Nc1nc(C2CCCC2)nc(C2(c3ccccc3)CC2)n1. The summed E-state index contributed by atoms with van der Waals surface area (Å²) in [5.74, 6) is 2.64. The van der Waals surface area contributed by atoms with E-state index in [0.717, 1.165) is 24.5 Å². The van der Waals surface area contributed by atoms with E-state index in [1.165, 1.54) is 31.2 Å². The molecular weight excluding hydrogens is 260 g/mol. The zero-order chi connectivity index (χ0) is 14.3. The summed E-state index contributed by atoms with van der Waals surface area (Å²) < 4.78 is 0. The highest BCUT2D eigenvalue weighted by Crippen LogP contribution is 2.52. The van der Waals surface area contributed by atoms with Crippen molar-refractivity contribution < 1.29 is 0 Å². The molecule has 0 radical (unpaired) electrons. The molecule has 0 unspecified atom stereocenters. The highest BCUT2D eigenvalue weighted by Gasteiger charge is 2.49. The monoisotopic (exact) mass is 280 g/mol. The molecule has 0 aliphatic heterocycles. The van der Waals surface area contributed by atoms with E-state index in [1.807, 2.05) is 6.07 Å². The minimum atomic E-state index is -0.0221. The molecule has 4 nitrogen and oxygen atoms in total. The maximum absolute atomic E-state index is 5.97. The molecule has 1 heterocycles. The summed E-state index contributed by atoms with van der Waals surface area (Å²) >= 11 is 0. The van der Waals surface area contributed by atoms with Crippen LogP contribution >= 0.6 is 0 Å². The average Bonchev–Trinajstić information content (AvgIpc) is 3.15. The third kappa shape index (κ3) is 2.19. The lowest BCUT2D eigenvalue weighted by atomic mass is 9.95. The highest BCUT2D eigenvalue weighted by atomic mass is 15.1. The summed E-state index contributed by atoms with van der Waals surface area (Å²) in [5.41, 5.74) is 7.24. The molecule has 2 aromatic rings. The Hall–Kier alpha value is -1.97. The molecule has 108 valence electrons. The molecule has 0 amide bonds. The molecule has 4 heteroatoms. The molecule has 2 aliphatic carbocycles. The lowest BCUT2D eigenvalue weighted by molar-refractivity contribution is 0.634. The van der Waals surface area contributed by atoms with E-state index < -0.39 is 0 Å². The Kier molecular flexibility index (Phi) is 2.91. The van der Waals surface area contributed by atoms with E-state index in [0.29, 0.717) is 11.9 Å². The Bertz CT molecular complexity index is 643. The fourth-order valence-electron chi connectivity index (χ4n) is 3.51. The van der Waals surface area contributed by atoms with Crippen LogP contribution in [-0.4, -0.2) is 15.0 Å². The van der Waals surface area contributed by atoms with E-state index in [2.05, 4.69) is 34.2 Å². The number of hydrogen-bond acceptors (Lipinski definition) is 4. The molecule has 0 saturated heterocycles. The van der Waals surface area contributed by atoms with Gasteiger partial charge >= 0.3 is 0 Å². The van der Waals surface area contributed by atoms with Gasteiger partial charge in [0.2, 0.25) is 5.95 Å². The number of nitrogens with two attached hydrogens (primary N) is 1. The fourth-order valence-corrected chi connectivity index (χ4v) is 3.51. The lowest BCUT2D eigenvalue weighted by Gasteiger charge is -2.17. The van der Waals surface area contributed by atoms with E-state index in [9.17, 15) is 0 Å². The van der Waals surface area contributed by atoms with Gasteiger partial charge < -0.3 is 5.73 Å². The number of rotatable bonds is 3. The second-order valence-corrected chi connectivity index (χ2v) is 6.30. The first-order valence-corrected chi connectivity index (χ1v) is 7.85. The van der Waals surface area contributed by atoms with Gasteiger partial charge in [-0.25, -0.2) is 4.98 Å². The molecule has 0 atom stereocenters. The molecule has 2 aliphatic rings.